The fourth-order valence-electron chi connectivity index (χ4n) is 3.72. The average Bonchev–Trinajstić information content (AvgIpc) is 2.88. The second kappa shape index (κ2) is 5.92. The summed E-state index contributed by atoms with van der Waals surface area (Å²) in [6.07, 6.45) is 12.1. The summed E-state index contributed by atoms with van der Waals surface area (Å²) in [5.74, 6) is 0.977. The predicted octanol–water partition coefficient (Wildman–Crippen LogP) is 6.83. The fourth-order valence-corrected chi connectivity index (χ4v) is 3.72. The van der Waals surface area contributed by atoms with Gasteiger partial charge in [-0.1, -0.05) is 108 Å². The molecule has 0 saturated heterocycles. The Balaban J connectivity index is 2.05. The lowest BCUT2D eigenvalue weighted by molar-refractivity contribution is 0.414. The van der Waals surface area contributed by atoms with Crippen molar-refractivity contribution in [2.24, 2.45) is 22.7 Å². The van der Waals surface area contributed by atoms with Crippen molar-refractivity contribution in [1.82, 2.24) is 0 Å². The first kappa shape index (κ1) is 17.0. The third-order valence-corrected chi connectivity index (χ3v) is 5.16. The number of rotatable bonds is 1. The maximum absolute atomic E-state index is 2.51. The van der Waals surface area contributed by atoms with Gasteiger partial charge in [0.25, 0.3) is 0 Å². The quantitative estimate of drug-likeness (QED) is 0.532. The van der Waals surface area contributed by atoms with Gasteiger partial charge in [0.1, 0.15) is 0 Å². The molecule has 0 unspecified atom stereocenters. The highest BCUT2D eigenvalue weighted by molar-refractivity contribution is 5.61. The second-order valence-corrected chi connectivity index (χ2v) is 9.19. The molecule has 0 heterocycles. The van der Waals surface area contributed by atoms with E-state index in [4.69, 9.17) is 0 Å². The van der Waals surface area contributed by atoms with Gasteiger partial charge in [-0.05, 0) is 27.5 Å². The topological polar surface area (TPSA) is 0 Å². The van der Waals surface area contributed by atoms with Crippen LogP contribution in [0.4, 0.5) is 0 Å². The molecular formula is C24H30. The Morgan fingerprint density at radius 3 is 2.08 bits per heavy atom. The standard InChI is InChI=1S/C24H30/c1-23(2,3)19-15-21-18(14-17-10-8-7-9-11-17)12-13-20(21)22(16-19)24(4,5)6/h7-16,20-21H,1-6H3/b18-14+/t20-,21+/m1/s1. The Bertz CT molecular complexity index is 724. The summed E-state index contributed by atoms with van der Waals surface area (Å²) >= 11 is 0. The molecule has 0 N–H and O–H groups in total. The van der Waals surface area contributed by atoms with Crippen molar-refractivity contribution in [3.05, 3.63) is 76.9 Å². The number of hydrogen-bond acceptors (Lipinski definition) is 0. The molecule has 2 atom stereocenters. The van der Waals surface area contributed by atoms with E-state index in [2.05, 4.69) is 102 Å². The van der Waals surface area contributed by atoms with E-state index in [9.17, 15) is 0 Å². The molecule has 126 valence electrons. The van der Waals surface area contributed by atoms with Gasteiger partial charge in [0.05, 0.1) is 0 Å². The van der Waals surface area contributed by atoms with Gasteiger partial charge in [0.2, 0.25) is 0 Å². The summed E-state index contributed by atoms with van der Waals surface area (Å²) in [4.78, 5) is 0. The monoisotopic (exact) mass is 318 g/mol. The van der Waals surface area contributed by atoms with Gasteiger partial charge in [-0.3, -0.25) is 0 Å². The second-order valence-electron chi connectivity index (χ2n) is 9.19. The normalized spacial score (nSPS) is 25.5. The van der Waals surface area contributed by atoms with Crippen LogP contribution in [-0.2, 0) is 0 Å². The molecule has 0 aromatic heterocycles. The van der Waals surface area contributed by atoms with Crippen molar-refractivity contribution in [3.63, 3.8) is 0 Å². The van der Waals surface area contributed by atoms with E-state index in [1.54, 1.807) is 5.57 Å². The molecule has 2 aliphatic rings. The summed E-state index contributed by atoms with van der Waals surface area (Å²) in [7, 11) is 0. The molecular weight excluding hydrogens is 288 g/mol. The van der Waals surface area contributed by atoms with Gasteiger partial charge >= 0.3 is 0 Å². The average molecular weight is 319 g/mol. The molecule has 0 bridgehead atoms. The first-order valence-corrected chi connectivity index (χ1v) is 9.05. The zero-order chi connectivity index (χ0) is 17.5. The maximum Gasteiger partial charge on any atom is 0.0125 e. The minimum absolute atomic E-state index is 0.182. The van der Waals surface area contributed by atoms with Crippen LogP contribution in [0, 0.1) is 22.7 Å². The van der Waals surface area contributed by atoms with Crippen LogP contribution in [0.1, 0.15) is 47.1 Å². The Kier molecular flexibility index (Phi) is 4.20. The van der Waals surface area contributed by atoms with Crippen molar-refractivity contribution in [2.75, 3.05) is 0 Å². The summed E-state index contributed by atoms with van der Waals surface area (Å²) < 4.78 is 0. The van der Waals surface area contributed by atoms with Gasteiger partial charge in [-0.25, -0.2) is 0 Å². The number of fused-ring (bicyclic) bond motifs is 1. The Labute approximate surface area is 147 Å². The van der Waals surface area contributed by atoms with Gasteiger partial charge in [0, 0.05) is 11.8 Å². The van der Waals surface area contributed by atoms with Crippen LogP contribution < -0.4 is 0 Å². The van der Waals surface area contributed by atoms with Crippen LogP contribution in [0.2, 0.25) is 0 Å². The highest BCUT2D eigenvalue weighted by Crippen LogP contribution is 2.49. The molecule has 1 aromatic carbocycles. The molecule has 0 fully saturated rings. The molecule has 24 heavy (non-hydrogen) atoms. The lowest BCUT2D eigenvalue weighted by Gasteiger charge is -2.37. The lowest BCUT2D eigenvalue weighted by atomic mass is 9.67. The van der Waals surface area contributed by atoms with E-state index < -0.39 is 0 Å². The molecule has 0 heteroatoms. The van der Waals surface area contributed by atoms with Crippen molar-refractivity contribution >= 4 is 6.08 Å². The zero-order valence-corrected chi connectivity index (χ0v) is 15.9. The van der Waals surface area contributed by atoms with Crippen molar-refractivity contribution in [2.45, 2.75) is 41.5 Å². The first-order valence-electron chi connectivity index (χ1n) is 9.05. The Morgan fingerprint density at radius 1 is 0.833 bits per heavy atom. The Morgan fingerprint density at radius 2 is 1.50 bits per heavy atom. The molecule has 0 amide bonds. The first-order chi connectivity index (χ1) is 11.2. The third-order valence-electron chi connectivity index (χ3n) is 5.16. The molecule has 0 saturated carbocycles. The van der Waals surface area contributed by atoms with Crippen LogP contribution in [0.25, 0.3) is 6.08 Å². The smallest absolute Gasteiger partial charge is 0.0125 e. The molecule has 0 spiro atoms. The number of hydrogen-bond donors (Lipinski definition) is 0. The number of allylic oxidation sites excluding steroid dienone is 7. The molecule has 0 aliphatic heterocycles. The van der Waals surface area contributed by atoms with E-state index in [1.165, 1.54) is 16.7 Å². The molecule has 2 aliphatic carbocycles. The third kappa shape index (κ3) is 3.34. The summed E-state index contributed by atoms with van der Waals surface area (Å²) in [6.45, 7) is 14.0. The predicted molar refractivity (Wildman–Crippen MR) is 106 cm³/mol. The minimum Gasteiger partial charge on any atom is -0.0761 e. The van der Waals surface area contributed by atoms with Crippen LogP contribution in [-0.4, -0.2) is 0 Å². The molecule has 3 rings (SSSR count). The van der Waals surface area contributed by atoms with Gasteiger partial charge in [-0.15, -0.1) is 0 Å². The molecule has 0 nitrogen and oxygen atoms in total. The van der Waals surface area contributed by atoms with E-state index in [1.807, 2.05) is 0 Å². The molecule has 1 aromatic rings. The fraction of sp³-hybridized carbons (Fsp3) is 0.417. The van der Waals surface area contributed by atoms with E-state index >= 15 is 0 Å². The van der Waals surface area contributed by atoms with Crippen molar-refractivity contribution in [1.29, 1.82) is 0 Å². The summed E-state index contributed by atoms with van der Waals surface area (Å²) in [5.41, 5.74) is 6.13. The lowest BCUT2D eigenvalue weighted by Crippen LogP contribution is -2.26. The summed E-state index contributed by atoms with van der Waals surface area (Å²) in [5, 5.41) is 0. The molecule has 0 radical (unpaired) electrons. The van der Waals surface area contributed by atoms with Crippen molar-refractivity contribution < 1.29 is 0 Å². The van der Waals surface area contributed by atoms with E-state index in [0.29, 0.717) is 11.8 Å². The summed E-state index contributed by atoms with van der Waals surface area (Å²) in [6, 6.07) is 10.7. The largest absolute Gasteiger partial charge is 0.0761 e. The van der Waals surface area contributed by atoms with Crippen LogP contribution in [0.15, 0.2) is 71.4 Å². The van der Waals surface area contributed by atoms with Gasteiger partial charge in [0.15, 0.2) is 0 Å². The highest BCUT2D eigenvalue weighted by Gasteiger charge is 2.37. The SMILES string of the molecule is CC(C)(C)C1=C[C@H]2/C(=C/c3ccccc3)C=C[C@H]2C(C(C)(C)C)=C1. The Hall–Kier alpha value is -1.82. The maximum atomic E-state index is 2.51. The number of benzene rings is 1. The van der Waals surface area contributed by atoms with Crippen LogP contribution >= 0.6 is 0 Å². The minimum atomic E-state index is 0.182. The van der Waals surface area contributed by atoms with E-state index in [0.717, 1.165) is 0 Å². The van der Waals surface area contributed by atoms with Crippen LogP contribution in [0.3, 0.4) is 0 Å². The zero-order valence-electron chi connectivity index (χ0n) is 15.9. The van der Waals surface area contributed by atoms with Gasteiger partial charge < -0.3 is 0 Å². The van der Waals surface area contributed by atoms with Crippen molar-refractivity contribution in [3.8, 4) is 0 Å². The van der Waals surface area contributed by atoms with E-state index in [-0.39, 0.29) is 10.8 Å². The highest BCUT2D eigenvalue weighted by atomic mass is 14.4. The van der Waals surface area contributed by atoms with Crippen LogP contribution in [0.5, 0.6) is 0 Å². The van der Waals surface area contributed by atoms with Gasteiger partial charge in [-0.2, -0.15) is 0 Å².